The van der Waals surface area contributed by atoms with Gasteiger partial charge in [-0.05, 0) is 88.7 Å². The van der Waals surface area contributed by atoms with Crippen molar-refractivity contribution in [2.45, 2.75) is 51.0 Å². The number of rotatable bonds is 6. The summed E-state index contributed by atoms with van der Waals surface area (Å²) in [6.07, 6.45) is 7.67. The number of aromatic nitrogens is 1. The van der Waals surface area contributed by atoms with Crippen LogP contribution in [0.15, 0.2) is 30.5 Å². The molecule has 2 aromatic rings. The lowest BCUT2D eigenvalue weighted by Crippen LogP contribution is -2.47. The Bertz CT molecular complexity index is 773. The Morgan fingerprint density at radius 2 is 1.93 bits per heavy atom. The number of aromatic amines is 1. The number of benzene rings is 1. The van der Waals surface area contributed by atoms with Gasteiger partial charge in [0.1, 0.15) is 6.04 Å². The van der Waals surface area contributed by atoms with Crippen LogP contribution in [0, 0.1) is 5.92 Å². The Hall–Kier alpha value is -1.85. The minimum Gasteiger partial charge on any atom is -0.465 e. The Balaban J connectivity index is 1.42. The summed E-state index contributed by atoms with van der Waals surface area (Å²) in [5.74, 6) is 1.17. The highest BCUT2D eigenvalue weighted by Crippen LogP contribution is 2.34. The van der Waals surface area contributed by atoms with Gasteiger partial charge in [-0.2, -0.15) is 0 Å². The van der Waals surface area contributed by atoms with E-state index < -0.39 is 0 Å². The lowest BCUT2D eigenvalue weighted by molar-refractivity contribution is -0.151. The number of nitrogens with one attached hydrogen (secondary N) is 2. The number of ether oxygens (including phenoxy) is 1. The maximum Gasteiger partial charge on any atom is 0.323 e. The van der Waals surface area contributed by atoms with Gasteiger partial charge in [-0.3, -0.25) is 9.69 Å². The topological polar surface area (TPSA) is 57.4 Å². The van der Waals surface area contributed by atoms with Gasteiger partial charge < -0.3 is 15.0 Å². The lowest BCUT2D eigenvalue weighted by Gasteiger charge is -2.38. The second kappa shape index (κ2) is 9.10. The summed E-state index contributed by atoms with van der Waals surface area (Å²) in [6.45, 7) is 6.46. The molecule has 2 saturated heterocycles. The molecular weight excluding hydrogens is 350 g/mol. The molecule has 1 unspecified atom stereocenters. The van der Waals surface area contributed by atoms with Gasteiger partial charge in [0.25, 0.3) is 0 Å². The van der Waals surface area contributed by atoms with E-state index in [2.05, 4.69) is 45.7 Å². The number of carbonyl (C=O) groups is 1. The number of H-pyrrole nitrogens is 1. The van der Waals surface area contributed by atoms with Gasteiger partial charge in [-0.15, -0.1) is 0 Å². The maximum absolute atomic E-state index is 12.7. The molecule has 28 heavy (non-hydrogen) atoms. The van der Waals surface area contributed by atoms with E-state index in [-0.39, 0.29) is 12.0 Å². The zero-order valence-corrected chi connectivity index (χ0v) is 17.0. The van der Waals surface area contributed by atoms with Crippen LogP contribution in [-0.2, 0) is 9.53 Å². The highest BCUT2D eigenvalue weighted by molar-refractivity contribution is 5.83. The highest BCUT2D eigenvalue weighted by Gasteiger charge is 2.33. The fourth-order valence-electron chi connectivity index (χ4n) is 5.02. The zero-order chi connectivity index (χ0) is 19.3. The van der Waals surface area contributed by atoms with E-state index in [4.69, 9.17) is 4.74 Å². The molecule has 0 amide bonds. The molecule has 5 nitrogen and oxygen atoms in total. The maximum atomic E-state index is 12.7. The Morgan fingerprint density at radius 1 is 1.18 bits per heavy atom. The largest absolute Gasteiger partial charge is 0.465 e. The van der Waals surface area contributed by atoms with Crippen LogP contribution < -0.4 is 5.32 Å². The molecule has 1 aromatic heterocycles. The fraction of sp³-hybridized carbons (Fsp3) is 0.609. The number of carbonyl (C=O) groups excluding carboxylic acids is 1. The number of piperidine rings is 2. The van der Waals surface area contributed by atoms with Gasteiger partial charge in [-0.1, -0.05) is 18.2 Å². The summed E-state index contributed by atoms with van der Waals surface area (Å²) in [6, 6.07) is 8.48. The Labute approximate surface area is 167 Å². The molecule has 2 aliphatic rings. The van der Waals surface area contributed by atoms with Gasteiger partial charge in [0.05, 0.1) is 6.61 Å². The van der Waals surface area contributed by atoms with Crippen LogP contribution in [0.1, 0.15) is 50.5 Å². The molecule has 2 aliphatic heterocycles. The van der Waals surface area contributed by atoms with Crippen molar-refractivity contribution in [3.8, 4) is 0 Å². The van der Waals surface area contributed by atoms with Gasteiger partial charge >= 0.3 is 5.97 Å². The van der Waals surface area contributed by atoms with Crippen molar-refractivity contribution in [2.75, 3.05) is 32.8 Å². The number of likely N-dealkylation sites (tertiary alicyclic amines) is 1. The molecule has 3 heterocycles. The average molecular weight is 384 g/mol. The van der Waals surface area contributed by atoms with Crippen LogP contribution in [0.4, 0.5) is 0 Å². The predicted molar refractivity (Wildman–Crippen MR) is 112 cm³/mol. The van der Waals surface area contributed by atoms with Gasteiger partial charge in [0.2, 0.25) is 0 Å². The third kappa shape index (κ3) is 4.26. The van der Waals surface area contributed by atoms with E-state index in [0.717, 1.165) is 45.4 Å². The molecule has 0 saturated carbocycles. The molecule has 0 radical (unpaired) electrons. The van der Waals surface area contributed by atoms with E-state index in [1.54, 1.807) is 0 Å². The average Bonchev–Trinajstić information content (AvgIpc) is 3.17. The summed E-state index contributed by atoms with van der Waals surface area (Å²) in [5, 5.41) is 4.77. The molecule has 2 N–H and O–H groups in total. The first-order chi connectivity index (χ1) is 13.8. The normalized spacial score (nSPS) is 21.0. The minimum atomic E-state index is -0.0769. The molecule has 0 spiro atoms. The van der Waals surface area contributed by atoms with Crippen LogP contribution in [-0.4, -0.2) is 54.7 Å². The molecule has 4 rings (SSSR count). The van der Waals surface area contributed by atoms with Crippen LogP contribution in [0.5, 0.6) is 0 Å². The summed E-state index contributed by atoms with van der Waals surface area (Å²) < 4.78 is 5.45. The van der Waals surface area contributed by atoms with E-state index in [0.29, 0.717) is 18.4 Å². The first-order valence-electron chi connectivity index (χ1n) is 10.9. The molecule has 0 bridgehead atoms. The van der Waals surface area contributed by atoms with Crippen LogP contribution in [0.25, 0.3) is 10.9 Å². The van der Waals surface area contributed by atoms with Crippen molar-refractivity contribution in [3.63, 3.8) is 0 Å². The van der Waals surface area contributed by atoms with Gasteiger partial charge in [0, 0.05) is 17.1 Å². The van der Waals surface area contributed by atoms with E-state index in [1.807, 2.05) is 6.92 Å². The summed E-state index contributed by atoms with van der Waals surface area (Å²) >= 11 is 0. The van der Waals surface area contributed by atoms with Crippen molar-refractivity contribution in [3.05, 3.63) is 36.0 Å². The van der Waals surface area contributed by atoms with Crippen molar-refractivity contribution < 1.29 is 9.53 Å². The van der Waals surface area contributed by atoms with Gasteiger partial charge in [0.15, 0.2) is 0 Å². The number of hydrogen-bond donors (Lipinski definition) is 2. The second-order valence-corrected chi connectivity index (χ2v) is 8.30. The van der Waals surface area contributed by atoms with E-state index in [1.165, 1.54) is 29.3 Å². The number of esters is 1. The third-order valence-electron chi connectivity index (χ3n) is 6.61. The second-order valence-electron chi connectivity index (χ2n) is 8.30. The van der Waals surface area contributed by atoms with E-state index in [9.17, 15) is 4.79 Å². The van der Waals surface area contributed by atoms with Crippen LogP contribution >= 0.6 is 0 Å². The molecule has 5 heteroatoms. The van der Waals surface area contributed by atoms with Crippen molar-refractivity contribution in [1.82, 2.24) is 15.2 Å². The standard InChI is InChI=1S/C23H33N3O2/c1-2-28-23(27)22(15-17-7-11-24-12-8-17)26-13-9-18(10-14-26)20-16-25-21-6-4-3-5-19(20)21/h3-6,16-18,22,24-25H,2,7-15H2,1H3. The number of fused-ring (bicyclic) bond motifs is 1. The lowest BCUT2D eigenvalue weighted by atomic mass is 9.86. The molecule has 152 valence electrons. The van der Waals surface area contributed by atoms with E-state index >= 15 is 0 Å². The molecule has 0 aliphatic carbocycles. The van der Waals surface area contributed by atoms with Crippen LogP contribution in [0.2, 0.25) is 0 Å². The fourth-order valence-corrected chi connectivity index (χ4v) is 5.02. The van der Waals surface area contributed by atoms with Crippen LogP contribution in [0.3, 0.4) is 0 Å². The number of hydrogen-bond acceptors (Lipinski definition) is 4. The zero-order valence-electron chi connectivity index (χ0n) is 17.0. The SMILES string of the molecule is CCOC(=O)C(CC1CCNCC1)N1CCC(c2c[nH]c3ccccc23)CC1. The van der Waals surface area contributed by atoms with Crippen molar-refractivity contribution >= 4 is 16.9 Å². The molecule has 2 fully saturated rings. The predicted octanol–water partition coefficient (Wildman–Crippen LogP) is 3.67. The Morgan fingerprint density at radius 3 is 2.68 bits per heavy atom. The summed E-state index contributed by atoms with van der Waals surface area (Å²) in [4.78, 5) is 18.5. The first-order valence-corrected chi connectivity index (χ1v) is 10.9. The number of nitrogens with zero attached hydrogens (tertiary/aromatic N) is 1. The molecule has 1 atom stereocenters. The first kappa shape index (κ1) is 19.5. The summed E-state index contributed by atoms with van der Waals surface area (Å²) in [5.41, 5.74) is 2.65. The van der Waals surface area contributed by atoms with Gasteiger partial charge in [-0.25, -0.2) is 0 Å². The highest BCUT2D eigenvalue weighted by atomic mass is 16.5. The summed E-state index contributed by atoms with van der Waals surface area (Å²) in [7, 11) is 0. The van der Waals surface area contributed by atoms with Crippen molar-refractivity contribution in [1.29, 1.82) is 0 Å². The molecule has 1 aromatic carbocycles. The minimum absolute atomic E-state index is 0.0217. The number of para-hydroxylation sites is 1. The van der Waals surface area contributed by atoms with Crippen molar-refractivity contribution in [2.24, 2.45) is 5.92 Å². The smallest absolute Gasteiger partial charge is 0.323 e. The monoisotopic (exact) mass is 383 g/mol. The Kier molecular flexibility index (Phi) is 6.33. The quantitative estimate of drug-likeness (QED) is 0.748. The molecular formula is C23H33N3O2. The third-order valence-corrected chi connectivity index (χ3v) is 6.61.